The molecule has 2 heteroatoms. The fourth-order valence-electron chi connectivity index (χ4n) is 3.34. The summed E-state index contributed by atoms with van der Waals surface area (Å²) in [6, 6.07) is 0. The van der Waals surface area contributed by atoms with Crippen LogP contribution in [-0.4, -0.2) is 11.1 Å². The second-order valence-corrected chi connectivity index (χ2v) is 5.85. The van der Waals surface area contributed by atoms with E-state index in [2.05, 4.69) is 32.9 Å². The Morgan fingerprint density at radius 1 is 1.40 bits per heavy atom. The monoisotopic (exact) mass is 208 g/mol. The molecule has 1 saturated carbocycles. The molecule has 84 valence electrons. The zero-order chi connectivity index (χ0) is 11.3. The maximum atomic E-state index is 11.4. The van der Waals surface area contributed by atoms with E-state index in [0.29, 0.717) is 5.92 Å². The Morgan fingerprint density at radius 3 is 2.47 bits per heavy atom. The van der Waals surface area contributed by atoms with Crippen molar-refractivity contribution in [3.8, 4) is 0 Å². The molecule has 1 fully saturated rings. The molecule has 0 aromatic carbocycles. The van der Waals surface area contributed by atoms with Crippen molar-refractivity contribution in [3.05, 3.63) is 12.2 Å². The van der Waals surface area contributed by atoms with E-state index in [0.717, 1.165) is 19.3 Å². The van der Waals surface area contributed by atoms with E-state index < -0.39 is 5.97 Å². The van der Waals surface area contributed by atoms with Crippen molar-refractivity contribution < 1.29 is 9.90 Å². The minimum atomic E-state index is -0.612. The van der Waals surface area contributed by atoms with Crippen LogP contribution in [0.4, 0.5) is 0 Å². The SMILES string of the molecule is CC(C)[C@]12C=C[C@](C)(CC1)C[C@H]2C(=O)O. The highest BCUT2D eigenvalue weighted by Gasteiger charge is 2.53. The van der Waals surface area contributed by atoms with Gasteiger partial charge >= 0.3 is 5.97 Å². The first-order chi connectivity index (χ1) is 6.90. The summed E-state index contributed by atoms with van der Waals surface area (Å²) >= 11 is 0. The lowest BCUT2D eigenvalue weighted by molar-refractivity contribution is -0.152. The fraction of sp³-hybridized carbons (Fsp3) is 0.769. The normalized spacial score (nSPS) is 43.6. The first kappa shape index (κ1) is 10.7. The Morgan fingerprint density at radius 2 is 2.07 bits per heavy atom. The summed E-state index contributed by atoms with van der Waals surface area (Å²) < 4.78 is 0. The number of allylic oxidation sites excluding steroid dienone is 2. The number of hydrogen-bond acceptors (Lipinski definition) is 1. The molecule has 0 saturated heterocycles. The van der Waals surface area contributed by atoms with Gasteiger partial charge in [-0.25, -0.2) is 0 Å². The maximum absolute atomic E-state index is 11.4. The van der Waals surface area contributed by atoms with Gasteiger partial charge in [0.05, 0.1) is 5.92 Å². The van der Waals surface area contributed by atoms with Crippen LogP contribution in [0.25, 0.3) is 0 Å². The molecule has 3 aliphatic carbocycles. The lowest BCUT2D eigenvalue weighted by atomic mass is 9.50. The Labute approximate surface area is 91.4 Å². The zero-order valence-electron chi connectivity index (χ0n) is 9.79. The van der Waals surface area contributed by atoms with Crippen LogP contribution in [0.15, 0.2) is 12.2 Å². The van der Waals surface area contributed by atoms with Crippen LogP contribution < -0.4 is 0 Å². The molecular formula is C13H20O2. The molecule has 3 aliphatic rings. The summed E-state index contributed by atoms with van der Waals surface area (Å²) in [7, 11) is 0. The van der Waals surface area contributed by atoms with Gasteiger partial charge in [-0.3, -0.25) is 4.79 Å². The lowest BCUT2D eigenvalue weighted by Crippen LogP contribution is -2.49. The van der Waals surface area contributed by atoms with Gasteiger partial charge in [-0.15, -0.1) is 0 Å². The van der Waals surface area contributed by atoms with Gasteiger partial charge in [0.25, 0.3) is 0 Å². The number of carbonyl (C=O) groups is 1. The molecule has 0 aromatic rings. The summed E-state index contributed by atoms with van der Waals surface area (Å²) in [5.74, 6) is -0.375. The smallest absolute Gasteiger partial charge is 0.307 e. The van der Waals surface area contributed by atoms with Crippen molar-refractivity contribution in [3.63, 3.8) is 0 Å². The van der Waals surface area contributed by atoms with E-state index in [1.807, 2.05) is 0 Å². The van der Waals surface area contributed by atoms with Gasteiger partial charge < -0.3 is 5.11 Å². The van der Waals surface area contributed by atoms with E-state index in [1.165, 1.54) is 0 Å². The average Bonchev–Trinajstić information content (AvgIpc) is 2.17. The number of aliphatic carboxylic acids is 1. The van der Waals surface area contributed by atoms with Crippen LogP contribution in [0.5, 0.6) is 0 Å². The molecule has 2 nitrogen and oxygen atoms in total. The zero-order valence-corrected chi connectivity index (χ0v) is 9.79. The first-order valence-electron chi connectivity index (χ1n) is 5.83. The van der Waals surface area contributed by atoms with Gasteiger partial charge in [0, 0.05) is 5.41 Å². The molecule has 3 rings (SSSR count). The summed E-state index contributed by atoms with van der Waals surface area (Å²) in [4.78, 5) is 11.4. The topological polar surface area (TPSA) is 37.3 Å². The van der Waals surface area contributed by atoms with E-state index in [1.54, 1.807) is 0 Å². The van der Waals surface area contributed by atoms with Gasteiger partial charge in [0.2, 0.25) is 0 Å². The van der Waals surface area contributed by atoms with Gasteiger partial charge in [0.15, 0.2) is 0 Å². The third kappa shape index (κ3) is 1.42. The van der Waals surface area contributed by atoms with Crippen molar-refractivity contribution in [2.45, 2.75) is 40.0 Å². The molecule has 3 atom stereocenters. The van der Waals surface area contributed by atoms with E-state index in [-0.39, 0.29) is 16.7 Å². The van der Waals surface area contributed by atoms with Crippen LogP contribution in [0.2, 0.25) is 0 Å². The molecule has 0 aliphatic heterocycles. The van der Waals surface area contributed by atoms with E-state index in [4.69, 9.17) is 0 Å². The molecular weight excluding hydrogens is 188 g/mol. The van der Waals surface area contributed by atoms with Gasteiger partial charge in [-0.2, -0.15) is 0 Å². The Balaban J connectivity index is 2.43. The third-order valence-corrected chi connectivity index (χ3v) is 4.62. The Hall–Kier alpha value is -0.790. The summed E-state index contributed by atoms with van der Waals surface area (Å²) in [6.45, 7) is 6.48. The minimum Gasteiger partial charge on any atom is -0.481 e. The van der Waals surface area contributed by atoms with Crippen LogP contribution >= 0.6 is 0 Å². The number of carboxylic acid groups (broad SMARTS) is 1. The molecule has 0 amide bonds. The summed E-state index contributed by atoms with van der Waals surface area (Å²) in [6.07, 6.45) is 7.45. The van der Waals surface area contributed by atoms with E-state index >= 15 is 0 Å². The van der Waals surface area contributed by atoms with Gasteiger partial charge in [-0.1, -0.05) is 32.9 Å². The van der Waals surface area contributed by atoms with Gasteiger partial charge in [0.1, 0.15) is 0 Å². The Bertz CT molecular complexity index is 318. The summed E-state index contributed by atoms with van der Waals surface area (Å²) in [5.41, 5.74) is 0.0588. The summed E-state index contributed by atoms with van der Waals surface area (Å²) in [5, 5.41) is 9.35. The molecule has 2 bridgehead atoms. The highest BCUT2D eigenvalue weighted by Crippen LogP contribution is 2.58. The standard InChI is InChI=1S/C13H20O2/c1-9(2)13-6-4-12(3,5-7-13)8-10(13)11(14)15/h4,6,9-10H,5,7-8H2,1-3H3,(H,14,15)/t10-,12+,13-/m0/s1. The van der Waals surface area contributed by atoms with Crippen molar-refractivity contribution >= 4 is 5.97 Å². The molecule has 0 heterocycles. The van der Waals surface area contributed by atoms with Crippen molar-refractivity contribution in [2.24, 2.45) is 22.7 Å². The lowest BCUT2D eigenvalue weighted by Gasteiger charge is -2.53. The number of fused-ring (bicyclic) bond motifs is 2. The molecule has 0 spiro atoms. The number of carboxylic acids is 1. The minimum absolute atomic E-state index is 0.0798. The largest absolute Gasteiger partial charge is 0.481 e. The van der Waals surface area contributed by atoms with Crippen LogP contribution in [0, 0.1) is 22.7 Å². The van der Waals surface area contributed by atoms with Gasteiger partial charge in [-0.05, 0) is 30.6 Å². The average molecular weight is 208 g/mol. The number of rotatable bonds is 2. The highest BCUT2D eigenvalue weighted by molar-refractivity contribution is 5.72. The van der Waals surface area contributed by atoms with E-state index in [9.17, 15) is 9.90 Å². The maximum Gasteiger partial charge on any atom is 0.307 e. The third-order valence-electron chi connectivity index (χ3n) is 4.62. The molecule has 0 radical (unpaired) electrons. The van der Waals surface area contributed by atoms with Crippen LogP contribution in [-0.2, 0) is 4.79 Å². The van der Waals surface area contributed by atoms with Crippen LogP contribution in [0.3, 0.4) is 0 Å². The molecule has 0 unspecified atom stereocenters. The van der Waals surface area contributed by atoms with Crippen molar-refractivity contribution in [1.29, 1.82) is 0 Å². The fourth-order valence-corrected chi connectivity index (χ4v) is 3.34. The number of hydrogen-bond donors (Lipinski definition) is 1. The van der Waals surface area contributed by atoms with Crippen molar-refractivity contribution in [2.75, 3.05) is 0 Å². The second-order valence-electron chi connectivity index (χ2n) is 5.85. The predicted molar refractivity (Wildman–Crippen MR) is 59.5 cm³/mol. The predicted octanol–water partition coefficient (Wildman–Crippen LogP) is 3.09. The highest BCUT2D eigenvalue weighted by atomic mass is 16.4. The molecule has 1 N–H and O–H groups in total. The second kappa shape index (κ2) is 3.10. The first-order valence-corrected chi connectivity index (χ1v) is 5.83. The Kier molecular flexibility index (Phi) is 2.21. The molecule has 15 heavy (non-hydrogen) atoms. The van der Waals surface area contributed by atoms with Crippen LogP contribution in [0.1, 0.15) is 40.0 Å². The molecule has 0 aromatic heterocycles. The quantitative estimate of drug-likeness (QED) is 0.708. The van der Waals surface area contributed by atoms with Crippen molar-refractivity contribution in [1.82, 2.24) is 0 Å².